The number of nitrogens with zero attached hydrogens (tertiary/aromatic N) is 1. The third kappa shape index (κ3) is 2.55. The monoisotopic (exact) mass is 340 g/mol. The molecule has 0 radical (unpaired) electrons. The molecule has 4 fully saturated rings. The summed E-state index contributed by atoms with van der Waals surface area (Å²) in [6, 6.07) is 8.25. The van der Waals surface area contributed by atoms with Crippen molar-refractivity contribution >= 4 is 27.5 Å². The molecule has 4 aliphatic carbocycles. The van der Waals surface area contributed by atoms with Gasteiger partial charge in [-0.15, -0.1) is 11.3 Å². The molecule has 0 aliphatic heterocycles. The van der Waals surface area contributed by atoms with E-state index in [2.05, 4.69) is 28.5 Å². The molecule has 0 spiro atoms. The molecular weight excluding hydrogens is 316 g/mol. The fourth-order valence-electron chi connectivity index (χ4n) is 5.79. The van der Waals surface area contributed by atoms with Crippen molar-refractivity contribution in [1.29, 1.82) is 0 Å². The van der Waals surface area contributed by atoms with Gasteiger partial charge in [-0.2, -0.15) is 0 Å². The summed E-state index contributed by atoms with van der Waals surface area (Å²) in [6.07, 6.45) is 7.52. The van der Waals surface area contributed by atoms with Gasteiger partial charge in [-0.3, -0.25) is 4.79 Å². The van der Waals surface area contributed by atoms with Crippen LogP contribution < -0.4 is 5.32 Å². The van der Waals surface area contributed by atoms with E-state index in [0.717, 1.165) is 35.3 Å². The number of para-hydroxylation sites is 1. The van der Waals surface area contributed by atoms with Crippen molar-refractivity contribution < 1.29 is 4.79 Å². The Kier molecular flexibility index (Phi) is 3.62. The highest BCUT2D eigenvalue weighted by molar-refractivity contribution is 7.18. The van der Waals surface area contributed by atoms with E-state index >= 15 is 0 Å². The fourth-order valence-corrected chi connectivity index (χ4v) is 6.76. The van der Waals surface area contributed by atoms with Gasteiger partial charge in [0.1, 0.15) is 0 Å². The van der Waals surface area contributed by atoms with Crippen molar-refractivity contribution in [3.63, 3.8) is 0 Å². The first-order valence-electron chi connectivity index (χ1n) is 9.38. The molecule has 2 aromatic rings. The molecule has 1 amide bonds. The van der Waals surface area contributed by atoms with Crippen LogP contribution in [0.2, 0.25) is 0 Å². The zero-order valence-electron chi connectivity index (χ0n) is 13.9. The minimum absolute atomic E-state index is 0.299. The summed E-state index contributed by atoms with van der Waals surface area (Å²) in [7, 11) is 0. The fraction of sp³-hybridized carbons (Fsp3) is 0.600. The second-order valence-corrected chi connectivity index (χ2v) is 9.19. The van der Waals surface area contributed by atoms with Crippen molar-refractivity contribution in [3.05, 3.63) is 29.3 Å². The van der Waals surface area contributed by atoms with Crippen molar-refractivity contribution in [2.45, 2.75) is 38.5 Å². The minimum Gasteiger partial charge on any atom is -0.355 e. The predicted molar refractivity (Wildman–Crippen MR) is 96.9 cm³/mol. The molecule has 1 heterocycles. The van der Waals surface area contributed by atoms with Crippen molar-refractivity contribution in [1.82, 2.24) is 10.3 Å². The van der Waals surface area contributed by atoms with E-state index in [9.17, 15) is 4.79 Å². The predicted octanol–water partition coefficient (Wildman–Crippen LogP) is 4.03. The number of nitrogens with one attached hydrogen (secondary N) is 1. The normalized spacial score (nSPS) is 33.9. The van der Waals surface area contributed by atoms with E-state index in [4.69, 9.17) is 0 Å². The van der Waals surface area contributed by atoms with E-state index in [0.29, 0.717) is 23.7 Å². The Hall–Kier alpha value is -1.42. The number of hydrogen-bond acceptors (Lipinski definition) is 3. The largest absolute Gasteiger partial charge is 0.355 e. The summed E-state index contributed by atoms with van der Waals surface area (Å²) >= 11 is 1.74. The van der Waals surface area contributed by atoms with Gasteiger partial charge in [0.25, 0.3) is 0 Å². The van der Waals surface area contributed by atoms with E-state index in [1.807, 2.05) is 6.07 Å². The number of carbonyl (C=O) groups is 1. The molecule has 4 heteroatoms. The Morgan fingerprint density at radius 3 is 2.50 bits per heavy atom. The van der Waals surface area contributed by atoms with E-state index in [-0.39, 0.29) is 0 Å². The van der Waals surface area contributed by atoms with Crippen LogP contribution in [-0.4, -0.2) is 17.4 Å². The number of fused-ring (bicyclic) bond motifs is 1. The van der Waals surface area contributed by atoms with Crippen molar-refractivity contribution in [2.75, 3.05) is 6.54 Å². The third-order valence-corrected chi connectivity index (χ3v) is 7.60. The van der Waals surface area contributed by atoms with Gasteiger partial charge in [-0.1, -0.05) is 12.1 Å². The van der Waals surface area contributed by atoms with Gasteiger partial charge in [-0.05, 0) is 67.9 Å². The van der Waals surface area contributed by atoms with E-state index < -0.39 is 0 Å². The molecule has 126 valence electrons. The first kappa shape index (κ1) is 14.9. The number of hydrogen-bond donors (Lipinski definition) is 1. The van der Waals surface area contributed by atoms with Crippen LogP contribution >= 0.6 is 11.3 Å². The van der Waals surface area contributed by atoms with Gasteiger partial charge in [-0.25, -0.2) is 4.98 Å². The lowest BCUT2D eigenvalue weighted by Crippen LogP contribution is -2.51. The first-order chi connectivity index (χ1) is 11.8. The third-order valence-electron chi connectivity index (χ3n) is 6.51. The van der Waals surface area contributed by atoms with Gasteiger partial charge in [0.2, 0.25) is 5.91 Å². The molecule has 4 aliphatic rings. The van der Waals surface area contributed by atoms with Crippen molar-refractivity contribution in [3.8, 4) is 0 Å². The average Bonchev–Trinajstić information content (AvgIpc) is 2.96. The molecule has 1 N–H and O–H groups in total. The smallest absolute Gasteiger partial charge is 0.223 e. The van der Waals surface area contributed by atoms with Crippen LogP contribution in [0.1, 0.15) is 37.1 Å². The molecule has 24 heavy (non-hydrogen) atoms. The molecule has 0 saturated heterocycles. The molecule has 1 aromatic heterocycles. The molecule has 0 unspecified atom stereocenters. The van der Waals surface area contributed by atoms with E-state index in [1.165, 1.54) is 36.8 Å². The summed E-state index contributed by atoms with van der Waals surface area (Å²) in [5, 5.41) is 4.36. The quantitative estimate of drug-likeness (QED) is 0.913. The topological polar surface area (TPSA) is 42.0 Å². The molecule has 4 bridgehead atoms. The zero-order chi connectivity index (χ0) is 16.1. The van der Waals surface area contributed by atoms with Crippen LogP contribution in [0.4, 0.5) is 0 Å². The molecule has 0 atom stereocenters. The van der Waals surface area contributed by atoms with Crippen molar-refractivity contribution in [2.24, 2.45) is 29.6 Å². The Morgan fingerprint density at radius 2 is 1.79 bits per heavy atom. The maximum Gasteiger partial charge on any atom is 0.223 e. The maximum atomic E-state index is 12.8. The Morgan fingerprint density at radius 1 is 1.08 bits per heavy atom. The summed E-state index contributed by atoms with van der Waals surface area (Å²) < 4.78 is 1.24. The van der Waals surface area contributed by atoms with Crippen LogP contribution in [0.3, 0.4) is 0 Å². The summed E-state index contributed by atoms with van der Waals surface area (Å²) in [5.41, 5.74) is 1.07. The molecule has 3 nitrogen and oxygen atoms in total. The van der Waals surface area contributed by atoms with Crippen LogP contribution in [-0.2, 0) is 11.2 Å². The number of rotatable bonds is 4. The van der Waals surface area contributed by atoms with Crippen LogP contribution in [0, 0.1) is 29.6 Å². The molecule has 1 aromatic carbocycles. The highest BCUT2D eigenvalue weighted by Gasteiger charge is 2.50. The highest BCUT2D eigenvalue weighted by Crippen LogP contribution is 2.56. The second kappa shape index (κ2) is 5.83. The first-order valence-corrected chi connectivity index (χ1v) is 10.2. The highest BCUT2D eigenvalue weighted by atomic mass is 32.1. The van der Waals surface area contributed by atoms with E-state index in [1.54, 1.807) is 11.3 Å². The number of carbonyl (C=O) groups excluding carboxylic acids is 1. The van der Waals surface area contributed by atoms with Gasteiger partial charge in [0.05, 0.1) is 15.2 Å². The second-order valence-electron chi connectivity index (χ2n) is 8.07. The lowest BCUT2D eigenvalue weighted by molar-refractivity contribution is -0.138. The summed E-state index contributed by atoms with van der Waals surface area (Å²) in [5.74, 6) is 3.82. The van der Waals surface area contributed by atoms with Gasteiger partial charge in [0.15, 0.2) is 0 Å². The van der Waals surface area contributed by atoms with Gasteiger partial charge >= 0.3 is 0 Å². The summed E-state index contributed by atoms with van der Waals surface area (Å²) in [6.45, 7) is 0.724. The Labute approximate surface area is 146 Å². The SMILES string of the molecule is O=C(NCCc1nc2ccccc2s1)C1C2CC3CC(C2)CC1C3. The van der Waals surface area contributed by atoms with Gasteiger partial charge in [0, 0.05) is 18.9 Å². The average molecular weight is 340 g/mol. The van der Waals surface area contributed by atoms with Crippen LogP contribution in [0.15, 0.2) is 24.3 Å². The number of amides is 1. The standard InChI is InChI=1S/C20H24N2OS/c23-20(19-14-8-12-7-13(10-14)11-15(19)9-12)21-6-5-18-22-16-3-1-2-4-17(16)24-18/h1-4,12-15,19H,5-11H2,(H,21,23). The van der Waals surface area contributed by atoms with Gasteiger partial charge < -0.3 is 5.32 Å². The molecule has 6 rings (SSSR count). The number of benzene rings is 1. The Balaban J connectivity index is 1.20. The van der Waals surface area contributed by atoms with Crippen LogP contribution in [0.5, 0.6) is 0 Å². The Bertz CT molecular complexity index is 707. The molecule has 4 saturated carbocycles. The van der Waals surface area contributed by atoms with Crippen LogP contribution in [0.25, 0.3) is 10.2 Å². The number of thiazole rings is 1. The lowest BCUT2D eigenvalue weighted by atomic mass is 9.51. The minimum atomic E-state index is 0.299. The maximum absolute atomic E-state index is 12.8. The molecular formula is C20H24N2OS. The number of aromatic nitrogens is 1. The zero-order valence-corrected chi connectivity index (χ0v) is 14.7. The lowest BCUT2D eigenvalue weighted by Gasteiger charge is -2.53. The summed E-state index contributed by atoms with van der Waals surface area (Å²) in [4.78, 5) is 17.4.